The average molecular weight is 400 g/mol. The smallest absolute Gasteiger partial charge is 0.244 e. The molecule has 1 saturated heterocycles. The highest BCUT2D eigenvalue weighted by Gasteiger charge is 2.27. The van der Waals surface area contributed by atoms with Gasteiger partial charge in [-0.3, -0.25) is 9.59 Å². The van der Waals surface area contributed by atoms with Crippen LogP contribution in [0.5, 0.6) is 0 Å². The molecule has 0 bridgehead atoms. The monoisotopic (exact) mass is 399 g/mol. The summed E-state index contributed by atoms with van der Waals surface area (Å²) in [5.74, 6) is 0.586. The summed E-state index contributed by atoms with van der Waals surface area (Å²) in [6, 6.07) is -0.334. The summed E-state index contributed by atoms with van der Waals surface area (Å²) in [4.78, 5) is 23.6. The molecule has 1 amide bonds. The van der Waals surface area contributed by atoms with E-state index in [0.717, 1.165) is 17.7 Å². The highest BCUT2D eigenvalue weighted by Crippen LogP contribution is 2.40. The van der Waals surface area contributed by atoms with E-state index >= 15 is 0 Å². The minimum atomic E-state index is -0.334. The van der Waals surface area contributed by atoms with Gasteiger partial charge in [-0.25, -0.2) is 0 Å². The molecule has 1 aliphatic heterocycles. The highest BCUT2D eigenvalue weighted by molar-refractivity contribution is 8.14. The third kappa shape index (κ3) is 6.66. The molecular weight excluding hydrogens is 366 g/mol. The first-order valence-corrected chi connectivity index (χ1v) is 11.1. The molecule has 0 aromatic rings. The van der Waals surface area contributed by atoms with Gasteiger partial charge in [0.2, 0.25) is 11.0 Å². The maximum absolute atomic E-state index is 12.0. The Hall–Kier alpha value is -1.81. The second-order valence-electron chi connectivity index (χ2n) is 8.44. The first-order valence-electron chi connectivity index (χ1n) is 10.1. The van der Waals surface area contributed by atoms with Crippen molar-refractivity contribution >= 4 is 22.8 Å². The Balaban J connectivity index is 1.93. The number of hydrogen-bond donors (Lipinski definition) is 1. The molecule has 1 heterocycles. The van der Waals surface area contributed by atoms with Crippen LogP contribution < -0.4 is 5.32 Å². The second kappa shape index (κ2) is 10.1. The van der Waals surface area contributed by atoms with Gasteiger partial charge in [0.05, 0.1) is 6.04 Å². The van der Waals surface area contributed by atoms with Gasteiger partial charge in [0.1, 0.15) is 0 Å². The number of amides is 1. The van der Waals surface area contributed by atoms with E-state index in [2.05, 4.69) is 51.2 Å². The molecule has 1 unspecified atom stereocenters. The minimum absolute atomic E-state index is 0.0618. The first kappa shape index (κ1) is 22.5. The van der Waals surface area contributed by atoms with Crippen molar-refractivity contribution in [2.75, 3.05) is 5.75 Å². The largest absolute Gasteiger partial charge is 0.342 e. The Kier molecular flexibility index (Phi) is 8.11. The van der Waals surface area contributed by atoms with Crippen LogP contribution in [0.4, 0.5) is 0 Å². The Morgan fingerprint density at radius 3 is 2.61 bits per heavy atom. The summed E-state index contributed by atoms with van der Waals surface area (Å²) < 4.78 is 0. The standard InChI is InChI=1S/C24H33NO2S/c1-17(11-12-20-19(3)10-7-14-24(20,4)5)8-6-9-18(2)16-22(26)25-21-13-15-28-23(21)27/h6,8-9,11-12,16,21H,7,10,13-15H2,1-5H3,(H,25,26)/b9-6+,12-11+,17-8+,18-16+. The van der Waals surface area contributed by atoms with Crippen LogP contribution >= 0.6 is 11.8 Å². The SMILES string of the molecule is CC1=C(/C=C/C(C)=C/C=C/C(C)=C/C(=O)NC2CCSC2=O)C(C)(C)CCC1. The lowest BCUT2D eigenvalue weighted by molar-refractivity contribution is -0.121. The third-order valence-corrected chi connectivity index (χ3v) is 6.39. The van der Waals surface area contributed by atoms with E-state index in [9.17, 15) is 9.59 Å². The van der Waals surface area contributed by atoms with Crippen molar-refractivity contribution in [3.8, 4) is 0 Å². The predicted octanol–water partition coefficient (Wildman–Crippen LogP) is 5.67. The van der Waals surface area contributed by atoms with Crippen molar-refractivity contribution in [3.63, 3.8) is 0 Å². The highest BCUT2D eigenvalue weighted by atomic mass is 32.2. The molecule has 1 fully saturated rings. The molecule has 3 nitrogen and oxygen atoms in total. The number of allylic oxidation sites excluding steroid dienone is 9. The Morgan fingerprint density at radius 1 is 1.21 bits per heavy atom. The van der Waals surface area contributed by atoms with Crippen LogP contribution in [0.2, 0.25) is 0 Å². The van der Waals surface area contributed by atoms with Crippen molar-refractivity contribution in [2.24, 2.45) is 5.41 Å². The Morgan fingerprint density at radius 2 is 1.96 bits per heavy atom. The number of carbonyl (C=O) groups excluding carboxylic acids is 2. The molecule has 2 rings (SSSR count). The number of thioether (sulfide) groups is 1. The topological polar surface area (TPSA) is 46.2 Å². The van der Waals surface area contributed by atoms with Crippen LogP contribution in [0.1, 0.15) is 60.3 Å². The van der Waals surface area contributed by atoms with E-state index in [4.69, 9.17) is 0 Å². The lowest BCUT2D eigenvalue weighted by Gasteiger charge is -2.32. The van der Waals surface area contributed by atoms with Gasteiger partial charge in [0.25, 0.3) is 0 Å². The molecule has 0 aromatic heterocycles. The van der Waals surface area contributed by atoms with Crippen LogP contribution in [0, 0.1) is 5.41 Å². The summed E-state index contributed by atoms with van der Waals surface area (Å²) in [7, 11) is 0. The van der Waals surface area contributed by atoms with Gasteiger partial charge in [-0.15, -0.1) is 0 Å². The molecule has 2 aliphatic rings. The van der Waals surface area contributed by atoms with Crippen molar-refractivity contribution < 1.29 is 9.59 Å². The van der Waals surface area contributed by atoms with Gasteiger partial charge in [-0.1, -0.05) is 67.1 Å². The number of rotatable bonds is 6. The van der Waals surface area contributed by atoms with Crippen LogP contribution in [0.3, 0.4) is 0 Å². The van der Waals surface area contributed by atoms with E-state index in [-0.39, 0.29) is 22.5 Å². The average Bonchev–Trinajstić information content (AvgIpc) is 2.98. The molecule has 1 N–H and O–H groups in total. The van der Waals surface area contributed by atoms with Crippen LogP contribution in [-0.2, 0) is 9.59 Å². The fourth-order valence-corrected chi connectivity index (χ4v) is 4.66. The summed E-state index contributed by atoms with van der Waals surface area (Å²) in [5.41, 5.74) is 5.24. The number of nitrogens with one attached hydrogen (secondary N) is 1. The van der Waals surface area contributed by atoms with Gasteiger partial charge in [0, 0.05) is 11.8 Å². The van der Waals surface area contributed by atoms with E-state index < -0.39 is 0 Å². The summed E-state index contributed by atoms with van der Waals surface area (Å²) in [6.45, 7) is 10.9. The van der Waals surface area contributed by atoms with E-state index in [1.165, 1.54) is 47.7 Å². The fraction of sp³-hybridized carbons (Fsp3) is 0.500. The van der Waals surface area contributed by atoms with Gasteiger partial charge in [-0.2, -0.15) is 0 Å². The second-order valence-corrected chi connectivity index (χ2v) is 9.54. The molecule has 0 spiro atoms. The molecule has 152 valence electrons. The maximum atomic E-state index is 12.0. The lowest BCUT2D eigenvalue weighted by atomic mass is 9.72. The lowest BCUT2D eigenvalue weighted by Crippen LogP contribution is -2.36. The molecule has 1 atom stereocenters. The Labute approximate surface area is 174 Å². The summed E-state index contributed by atoms with van der Waals surface area (Å²) in [5, 5.41) is 2.84. The van der Waals surface area contributed by atoms with Crippen LogP contribution in [0.15, 0.2) is 58.7 Å². The zero-order valence-corrected chi connectivity index (χ0v) is 18.6. The van der Waals surface area contributed by atoms with Crippen LogP contribution in [-0.4, -0.2) is 22.8 Å². The molecule has 4 heteroatoms. The molecule has 1 aliphatic carbocycles. The summed E-state index contributed by atoms with van der Waals surface area (Å²) in [6.07, 6.45) is 16.3. The molecular formula is C24H33NO2S. The van der Waals surface area contributed by atoms with E-state index in [1.807, 2.05) is 19.1 Å². The summed E-state index contributed by atoms with van der Waals surface area (Å²) >= 11 is 1.29. The third-order valence-electron chi connectivity index (χ3n) is 5.38. The quantitative estimate of drug-likeness (QED) is 0.462. The van der Waals surface area contributed by atoms with Crippen molar-refractivity contribution in [3.05, 3.63) is 58.7 Å². The molecule has 0 saturated carbocycles. The zero-order chi connectivity index (χ0) is 20.7. The van der Waals surface area contributed by atoms with Gasteiger partial charge in [0.15, 0.2) is 0 Å². The first-order chi connectivity index (χ1) is 13.2. The van der Waals surface area contributed by atoms with Crippen molar-refractivity contribution in [2.45, 2.75) is 66.3 Å². The van der Waals surface area contributed by atoms with Crippen LogP contribution in [0.25, 0.3) is 0 Å². The van der Waals surface area contributed by atoms with Crippen molar-refractivity contribution in [1.29, 1.82) is 0 Å². The van der Waals surface area contributed by atoms with E-state index in [1.54, 1.807) is 6.08 Å². The molecule has 0 aromatic carbocycles. The van der Waals surface area contributed by atoms with Gasteiger partial charge >= 0.3 is 0 Å². The minimum Gasteiger partial charge on any atom is -0.342 e. The predicted molar refractivity (Wildman–Crippen MR) is 120 cm³/mol. The number of carbonyl (C=O) groups is 2. The fourth-order valence-electron chi connectivity index (χ4n) is 3.73. The molecule has 28 heavy (non-hydrogen) atoms. The van der Waals surface area contributed by atoms with Gasteiger partial charge < -0.3 is 5.32 Å². The Bertz CT molecular complexity index is 765. The normalized spacial score (nSPS) is 23.9. The maximum Gasteiger partial charge on any atom is 0.244 e. The molecule has 0 radical (unpaired) electrons. The van der Waals surface area contributed by atoms with E-state index in [0.29, 0.717) is 0 Å². The van der Waals surface area contributed by atoms with Gasteiger partial charge in [-0.05, 0) is 63.0 Å². The zero-order valence-electron chi connectivity index (χ0n) is 17.8. The number of hydrogen-bond acceptors (Lipinski definition) is 3. The van der Waals surface area contributed by atoms with Crippen molar-refractivity contribution in [1.82, 2.24) is 5.32 Å².